The summed E-state index contributed by atoms with van der Waals surface area (Å²) in [7, 11) is 1.86. The maximum absolute atomic E-state index is 12.1. The zero-order chi connectivity index (χ0) is 13.8. The molecule has 1 heterocycles. The van der Waals surface area contributed by atoms with Crippen molar-refractivity contribution in [3.05, 3.63) is 23.8 Å². The third-order valence-corrected chi connectivity index (χ3v) is 3.54. The van der Waals surface area contributed by atoms with Crippen LogP contribution in [0.4, 0.5) is 11.4 Å². The molecule has 1 aliphatic rings. The van der Waals surface area contributed by atoms with E-state index in [-0.39, 0.29) is 25.2 Å². The third kappa shape index (κ3) is 2.72. The zero-order valence-corrected chi connectivity index (χ0v) is 11.1. The van der Waals surface area contributed by atoms with E-state index in [9.17, 15) is 9.90 Å². The highest BCUT2D eigenvalue weighted by atomic mass is 16.3. The summed E-state index contributed by atoms with van der Waals surface area (Å²) in [5, 5.41) is 21.6. The molecule has 104 valence electrons. The molecular formula is C14H20N2O3. The van der Waals surface area contributed by atoms with Crippen molar-refractivity contribution in [3.63, 3.8) is 0 Å². The van der Waals surface area contributed by atoms with Gasteiger partial charge in [0.05, 0.1) is 12.6 Å². The molecule has 0 aromatic heterocycles. The number of aliphatic hydroxyl groups is 2. The first-order chi connectivity index (χ1) is 9.21. The number of hydrogen-bond donors (Lipinski definition) is 3. The van der Waals surface area contributed by atoms with Crippen LogP contribution in [0.5, 0.6) is 0 Å². The van der Waals surface area contributed by atoms with Crippen molar-refractivity contribution in [1.29, 1.82) is 0 Å². The first-order valence-corrected chi connectivity index (χ1v) is 6.55. The molecule has 2 rings (SSSR count). The average molecular weight is 264 g/mol. The van der Waals surface area contributed by atoms with Gasteiger partial charge in [-0.05, 0) is 36.6 Å². The number of carbonyl (C=O) groups is 1. The molecular weight excluding hydrogens is 244 g/mol. The molecule has 1 atom stereocenters. The Balaban J connectivity index is 2.37. The number of hydrogen-bond acceptors (Lipinski definition) is 4. The van der Waals surface area contributed by atoms with Gasteiger partial charge in [0.1, 0.15) is 0 Å². The monoisotopic (exact) mass is 264 g/mol. The number of rotatable bonds is 5. The van der Waals surface area contributed by atoms with Crippen LogP contribution in [0.2, 0.25) is 0 Å². The van der Waals surface area contributed by atoms with Gasteiger partial charge in [0.2, 0.25) is 5.91 Å². The molecule has 0 spiro atoms. The van der Waals surface area contributed by atoms with E-state index in [1.807, 2.05) is 25.2 Å². The van der Waals surface area contributed by atoms with Crippen molar-refractivity contribution in [2.24, 2.45) is 0 Å². The van der Waals surface area contributed by atoms with Gasteiger partial charge in [0.15, 0.2) is 0 Å². The van der Waals surface area contributed by atoms with Crippen molar-refractivity contribution in [1.82, 2.24) is 0 Å². The summed E-state index contributed by atoms with van der Waals surface area (Å²) in [6, 6.07) is 5.50. The van der Waals surface area contributed by atoms with Gasteiger partial charge in [0.25, 0.3) is 0 Å². The number of aryl methyl sites for hydroxylation is 1. The topological polar surface area (TPSA) is 72.8 Å². The number of nitrogens with one attached hydrogen (secondary N) is 1. The summed E-state index contributed by atoms with van der Waals surface area (Å²) in [6.45, 7) is -0.182. The fourth-order valence-electron chi connectivity index (χ4n) is 2.52. The van der Waals surface area contributed by atoms with Gasteiger partial charge in [-0.2, -0.15) is 0 Å². The lowest BCUT2D eigenvalue weighted by Gasteiger charge is -2.35. The van der Waals surface area contributed by atoms with Crippen LogP contribution in [0, 0.1) is 0 Å². The highest BCUT2D eigenvalue weighted by Gasteiger charge is 2.29. The number of aliphatic hydroxyl groups excluding tert-OH is 2. The Labute approximate surface area is 112 Å². The van der Waals surface area contributed by atoms with Crippen LogP contribution in [0.3, 0.4) is 0 Å². The Hall–Kier alpha value is -1.59. The second-order valence-electron chi connectivity index (χ2n) is 4.71. The number of benzene rings is 1. The first kappa shape index (κ1) is 13.8. The predicted molar refractivity (Wildman–Crippen MR) is 74.4 cm³/mol. The maximum Gasteiger partial charge on any atom is 0.227 e. The summed E-state index contributed by atoms with van der Waals surface area (Å²) in [5.41, 5.74) is 2.96. The van der Waals surface area contributed by atoms with Crippen molar-refractivity contribution in [2.45, 2.75) is 25.3 Å². The van der Waals surface area contributed by atoms with E-state index in [1.54, 1.807) is 4.90 Å². The molecule has 1 aromatic rings. The molecule has 5 nitrogen and oxygen atoms in total. The van der Waals surface area contributed by atoms with Gasteiger partial charge < -0.3 is 20.4 Å². The standard InChI is InChI=1S/C14H20N2O3/c1-15-11-3-4-13-10(8-11)2-5-14(19)16(13)12(9-18)6-7-17/h3-4,8,12,15,17-18H,2,5-7,9H2,1H3. The molecule has 5 heteroatoms. The summed E-state index contributed by atoms with van der Waals surface area (Å²) in [4.78, 5) is 13.7. The molecule has 0 saturated heterocycles. The lowest BCUT2D eigenvalue weighted by atomic mass is 9.98. The lowest BCUT2D eigenvalue weighted by Crippen LogP contribution is -2.45. The minimum atomic E-state index is -0.350. The van der Waals surface area contributed by atoms with E-state index < -0.39 is 0 Å². The fraction of sp³-hybridized carbons (Fsp3) is 0.500. The van der Waals surface area contributed by atoms with Crippen LogP contribution >= 0.6 is 0 Å². The molecule has 1 amide bonds. The molecule has 0 aliphatic carbocycles. The van der Waals surface area contributed by atoms with Crippen LogP contribution < -0.4 is 10.2 Å². The van der Waals surface area contributed by atoms with Crippen LogP contribution in [0.25, 0.3) is 0 Å². The first-order valence-electron chi connectivity index (χ1n) is 6.55. The molecule has 19 heavy (non-hydrogen) atoms. The Morgan fingerprint density at radius 1 is 1.37 bits per heavy atom. The van der Waals surface area contributed by atoms with Gasteiger partial charge in [-0.3, -0.25) is 4.79 Å². The molecule has 3 N–H and O–H groups in total. The second kappa shape index (κ2) is 6.04. The predicted octanol–water partition coefficient (Wildman–Crippen LogP) is 0.751. The van der Waals surface area contributed by atoms with Gasteiger partial charge >= 0.3 is 0 Å². The Bertz CT molecular complexity index is 462. The fourth-order valence-corrected chi connectivity index (χ4v) is 2.52. The summed E-state index contributed by atoms with van der Waals surface area (Å²) in [5.74, 6) is 0.0113. The second-order valence-corrected chi connectivity index (χ2v) is 4.71. The molecule has 0 fully saturated rings. The van der Waals surface area contributed by atoms with Gasteiger partial charge in [-0.1, -0.05) is 0 Å². The third-order valence-electron chi connectivity index (χ3n) is 3.54. The Morgan fingerprint density at radius 2 is 2.16 bits per heavy atom. The van der Waals surface area contributed by atoms with Gasteiger partial charge in [0, 0.05) is 31.5 Å². The molecule has 1 aliphatic heterocycles. The Morgan fingerprint density at radius 3 is 2.79 bits per heavy atom. The minimum Gasteiger partial charge on any atom is -0.396 e. The van der Waals surface area contributed by atoms with Crippen LogP contribution in [-0.4, -0.2) is 42.4 Å². The quantitative estimate of drug-likeness (QED) is 0.734. The minimum absolute atomic E-state index is 0.0113. The van der Waals surface area contributed by atoms with Crippen molar-refractivity contribution >= 4 is 17.3 Å². The smallest absolute Gasteiger partial charge is 0.227 e. The SMILES string of the molecule is CNc1ccc2c(c1)CCC(=O)N2C(CO)CCO. The summed E-state index contributed by atoms with van der Waals surface area (Å²) < 4.78 is 0. The van der Waals surface area contributed by atoms with Crippen LogP contribution in [-0.2, 0) is 11.2 Å². The molecule has 0 radical (unpaired) electrons. The van der Waals surface area contributed by atoms with Crippen molar-refractivity contribution in [3.8, 4) is 0 Å². The van der Waals surface area contributed by atoms with Gasteiger partial charge in [-0.15, -0.1) is 0 Å². The van der Waals surface area contributed by atoms with Crippen molar-refractivity contribution in [2.75, 3.05) is 30.5 Å². The molecule has 0 bridgehead atoms. The average Bonchev–Trinajstić information content (AvgIpc) is 2.45. The zero-order valence-electron chi connectivity index (χ0n) is 11.1. The number of nitrogens with zero attached hydrogens (tertiary/aromatic N) is 1. The normalized spacial score (nSPS) is 16.2. The highest BCUT2D eigenvalue weighted by molar-refractivity contribution is 5.97. The summed E-state index contributed by atoms with van der Waals surface area (Å²) in [6.07, 6.45) is 1.55. The van der Waals surface area contributed by atoms with Crippen LogP contribution in [0.15, 0.2) is 18.2 Å². The van der Waals surface area contributed by atoms with E-state index in [2.05, 4.69) is 5.32 Å². The highest BCUT2D eigenvalue weighted by Crippen LogP contribution is 2.32. The summed E-state index contributed by atoms with van der Waals surface area (Å²) >= 11 is 0. The largest absolute Gasteiger partial charge is 0.396 e. The van der Waals surface area contributed by atoms with Crippen molar-refractivity contribution < 1.29 is 15.0 Å². The molecule has 1 unspecified atom stereocenters. The van der Waals surface area contributed by atoms with E-state index in [0.29, 0.717) is 12.8 Å². The molecule has 1 aromatic carbocycles. The van der Waals surface area contributed by atoms with E-state index in [0.717, 1.165) is 23.4 Å². The Kier molecular flexibility index (Phi) is 4.39. The van der Waals surface area contributed by atoms with Gasteiger partial charge in [-0.25, -0.2) is 0 Å². The number of anilines is 2. The number of fused-ring (bicyclic) bond motifs is 1. The van der Waals surface area contributed by atoms with E-state index in [4.69, 9.17) is 5.11 Å². The number of carbonyl (C=O) groups excluding carboxylic acids is 1. The molecule has 0 saturated carbocycles. The number of amides is 1. The lowest BCUT2D eigenvalue weighted by molar-refractivity contribution is -0.119. The maximum atomic E-state index is 12.1. The van der Waals surface area contributed by atoms with E-state index >= 15 is 0 Å². The van der Waals surface area contributed by atoms with Crippen LogP contribution in [0.1, 0.15) is 18.4 Å². The van der Waals surface area contributed by atoms with E-state index in [1.165, 1.54) is 0 Å².